The number of hydrogen-bond acceptors (Lipinski definition) is 4. The van der Waals surface area contributed by atoms with E-state index in [9.17, 15) is 9.35 Å². The molecule has 2 aromatic rings. The summed E-state index contributed by atoms with van der Waals surface area (Å²) in [5.41, 5.74) is 3.07. The number of aryl methyl sites for hydroxylation is 1. The Labute approximate surface area is 151 Å². The molecule has 1 heterocycles. The summed E-state index contributed by atoms with van der Waals surface area (Å²) in [4.78, 5) is 17.6. The number of nitrogens with zero attached hydrogens (tertiary/aromatic N) is 3. The van der Waals surface area contributed by atoms with Crippen molar-refractivity contribution in [2.75, 3.05) is 0 Å². The highest BCUT2D eigenvalue weighted by molar-refractivity contribution is 7.91. The molecule has 25 heavy (non-hydrogen) atoms. The predicted octanol–water partition coefficient (Wildman–Crippen LogP) is 3.39. The van der Waals surface area contributed by atoms with Crippen LogP contribution in [0.3, 0.4) is 0 Å². The molecule has 0 N–H and O–H groups in total. The minimum Gasteiger partial charge on any atom is -0.591 e. The molecule has 0 spiro atoms. The second-order valence-electron chi connectivity index (χ2n) is 7.86. The van der Waals surface area contributed by atoms with E-state index in [2.05, 4.69) is 4.40 Å². The van der Waals surface area contributed by atoms with Gasteiger partial charge in [0.05, 0.1) is 16.6 Å². The van der Waals surface area contributed by atoms with E-state index in [1.807, 2.05) is 46.8 Å². The van der Waals surface area contributed by atoms with Crippen molar-refractivity contribution in [3.8, 4) is 0 Å². The average molecular weight is 359 g/mol. The maximum Gasteiger partial charge on any atom is 0.261 e. The van der Waals surface area contributed by atoms with Crippen LogP contribution in [-0.2, 0) is 18.4 Å². The molecule has 3 rings (SSSR count). The van der Waals surface area contributed by atoms with Crippen LogP contribution in [0.15, 0.2) is 21.3 Å². The van der Waals surface area contributed by atoms with Gasteiger partial charge < -0.3 is 4.55 Å². The van der Waals surface area contributed by atoms with Crippen molar-refractivity contribution < 1.29 is 4.55 Å². The quantitative estimate of drug-likeness (QED) is 0.623. The van der Waals surface area contributed by atoms with Crippen LogP contribution in [0.25, 0.3) is 10.9 Å². The van der Waals surface area contributed by atoms with E-state index >= 15 is 0 Å². The van der Waals surface area contributed by atoms with Gasteiger partial charge >= 0.3 is 0 Å². The van der Waals surface area contributed by atoms with Gasteiger partial charge in [-0.15, -0.1) is 0 Å². The third-order valence-electron chi connectivity index (χ3n) is 4.44. The van der Waals surface area contributed by atoms with Gasteiger partial charge in [0.15, 0.2) is 0 Å². The first-order valence-electron chi connectivity index (χ1n) is 8.58. The van der Waals surface area contributed by atoms with E-state index in [-0.39, 0.29) is 5.56 Å². The first-order valence-corrected chi connectivity index (χ1v) is 9.69. The van der Waals surface area contributed by atoms with Crippen molar-refractivity contribution in [3.63, 3.8) is 0 Å². The zero-order valence-corrected chi connectivity index (χ0v) is 16.5. The van der Waals surface area contributed by atoms with Crippen LogP contribution < -0.4 is 5.56 Å². The average Bonchev–Trinajstić information content (AvgIpc) is 3.34. The van der Waals surface area contributed by atoms with Crippen molar-refractivity contribution >= 4 is 28.0 Å². The molecule has 0 aliphatic heterocycles. The lowest BCUT2D eigenvalue weighted by molar-refractivity contribution is 0.561. The lowest BCUT2D eigenvalue weighted by atomic mass is 10.0. The largest absolute Gasteiger partial charge is 0.591 e. The molecule has 0 saturated heterocycles. The summed E-state index contributed by atoms with van der Waals surface area (Å²) >= 11 is -1.35. The smallest absolute Gasteiger partial charge is 0.261 e. The fraction of sp³-hybridized carbons (Fsp3) is 0.526. The summed E-state index contributed by atoms with van der Waals surface area (Å²) in [6, 6.07) is 3.85. The normalized spacial score (nSPS) is 17.2. The molecule has 1 aliphatic carbocycles. The Kier molecular flexibility index (Phi) is 4.54. The van der Waals surface area contributed by atoms with E-state index in [1.165, 1.54) is 0 Å². The van der Waals surface area contributed by atoms with Crippen molar-refractivity contribution in [3.05, 3.63) is 39.4 Å². The lowest BCUT2D eigenvalue weighted by Crippen LogP contribution is -2.27. The zero-order valence-electron chi connectivity index (χ0n) is 15.7. The van der Waals surface area contributed by atoms with Crippen LogP contribution in [0, 0.1) is 6.92 Å². The van der Waals surface area contributed by atoms with E-state index in [4.69, 9.17) is 4.98 Å². The molecule has 134 valence electrons. The second kappa shape index (κ2) is 6.25. The van der Waals surface area contributed by atoms with Gasteiger partial charge in [-0.1, -0.05) is 4.40 Å². The Hall–Kier alpha value is -1.66. The molecule has 1 aromatic carbocycles. The summed E-state index contributed by atoms with van der Waals surface area (Å²) < 4.78 is 18.0. The summed E-state index contributed by atoms with van der Waals surface area (Å²) in [7, 11) is 1.79. The highest BCUT2D eigenvalue weighted by Crippen LogP contribution is 2.39. The SMILES string of the molecule is C/C(=N/[S@+]([O-])C(C)(C)C)c1cc(C)cc2c(=O)n(C)c(C3CC3)nc12. The van der Waals surface area contributed by atoms with Gasteiger partial charge in [-0.2, -0.15) is 0 Å². The van der Waals surface area contributed by atoms with Gasteiger partial charge in [0, 0.05) is 18.5 Å². The molecule has 1 fully saturated rings. The highest BCUT2D eigenvalue weighted by atomic mass is 32.2. The molecule has 0 radical (unpaired) electrons. The first-order chi connectivity index (χ1) is 11.6. The highest BCUT2D eigenvalue weighted by Gasteiger charge is 2.30. The maximum atomic E-state index is 12.8. The van der Waals surface area contributed by atoms with Crippen LogP contribution in [0.2, 0.25) is 0 Å². The Bertz CT molecular complexity index is 921. The molecular weight excluding hydrogens is 334 g/mol. The summed E-state index contributed by atoms with van der Waals surface area (Å²) in [6.07, 6.45) is 2.15. The van der Waals surface area contributed by atoms with Crippen LogP contribution in [0.5, 0.6) is 0 Å². The topological polar surface area (TPSA) is 70.3 Å². The number of hydrogen-bond donors (Lipinski definition) is 0. The minimum atomic E-state index is -1.35. The summed E-state index contributed by atoms with van der Waals surface area (Å²) in [6.45, 7) is 9.48. The zero-order chi connectivity index (χ0) is 18.5. The standard InChI is InChI=1S/C19H25N3O2S/c1-11-9-14(12(2)21-25(24)19(3,4)5)16-15(10-11)18(23)22(6)17(20-16)13-7-8-13/h9-10,13H,7-8H2,1-6H3/b21-12-/t25-/m1/s1. The van der Waals surface area contributed by atoms with Gasteiger partial charge in [-0.25, -0.2) is 4.98 Å². The predicted molar refractivity (Wildman–Crippen MR) is 104 cm³/mol. The molecule has 0 unspecified atom stereocenters. The number of rotatable bonds is 3. The van der Waals surface area contributed by atoms with Crippen LogP contribution >= 0.6 is 0 Å². The summed E-state index contributed by atoms with van der Waals surface area (Å²) in [5, 5.41) is 0.595. The molecular formula is C19H25N3O2S. The lowest BCUT2D eigenvalue weighted by Gasteiger charge is -2.19. The van der Waals surface area contributed by atoms with Crippen LogP contribution in [0.1, 0.15) is 63.4 Å². The third kappa shape index (κ3) is 3.51. The first kappa shape index (κ1) is 18.1. The molecule has 0 bridgehead atoms. The number of fused-ring (bicyclic) bond motifs is 1. The van der Waals surface area contributed by atoms with Crippen LogP contribution in [-0.4, -0.2) is 24.6 Å². The van der Waals surface area contributed by atoms with E-state index in [1.54, 1.807) is 11.6 Å². The Balaban J connectivity index is 2.24. The fourth-order valence-electron chi connectivity index (χ4n) is 2.83. The van der Waals surface area contributed by atoms with Gasteiger partial charge in [0.1, 0.15) is 21.9 Å². The second-order valence-corrected chi connectivity index (χ2v) is 9.76. The van der Waals surface area contributed by atoms with Crippen LogP contribution in [0.4, 0.5) is 0 Å². The maximum absolute atomic E-state index is 12.8. The van der Waals surface area contributed by atoms with Gasteiger partial charge in [0.2, 0.25) is 0 Å². The molecule has 5 nitrogen and oxygen atoms in total. The Morgan fingerprint density at radius 3 is 2.56 bits per heavy atom. The van der Waals surface area contributed by atoms with Crippen molar-refractivity contribution in [2.45, 2.75) is 58.1 Å². The molecule has 1 aliphatic rings. The number of benzene rings is 1. The molecule has 6 heteroatoms. The van der Waals surface area contributed by atoms with Gasteiger partial charge in [-0.05, 0) is 65.2 Å². The summed E-state index contributed by atoms with van der Waals surface area (Å²) in [5.74, 6) is 1.21. The van der Waals surface area contributed by atoms with Crippen molar-refractivity contribution in [1.29, 1.82) is 0 Å². The molecule has 1 atom stereocenters. The van der Waals surface area contributed by atoms with E-state index in [0.717, 1.165) is 29.8 Å². The van der Waals surface area contributed by atoms with E-state index < -0.39 is 16.1 Å². The number of aromatic nitrogens is 2. The Morgan fingerprint density at radius 1 is 1.36 bits per heavy atom. The van der Waals surface area contributed by atoms with Crippen molar-refractivity contribution in [1.82, 2.24) is 9.55 Å². The fourth-order valence-corrected chi connectivity index (χ4v) is 3.45. The molecule has 1 aromatic heterocycles. The monoisotopic (exact) mass is 359 g/mol. The molecule has 0 amide bonds. The third-order valence-corrected chi connectivity index (χ3v) is 5.92. The van der Waals surface area contributed by atoms with Gasteiger partial charge in [-0.3, -0.25) is 9.36 Å². The van der Waals surface area contributed by atoms with Crippen molar-refractivity contribution in [2.24, 2.45) is 11.4 Å². The Morgan fingerprint density at radius 2 is 2.00 bits per heavy atom. The van der Waals surface area contributed by atoms with Gasteiger partial charge in [0.25, 0.3) is 5.56 Å². The van der Waals surface area contributed by atoms with E-state index in [0.29, 0.717) is 22.5 Å². The molecule has 1 saturated carbocycles. The minimum absolute atomic E-state index is 0.0263.